The van der Waals surface area contributed by atoms with E-state index in [0.29, 0.717) is 5.75 Å². The first-order chi connectivity index (χ1) is 8.76. The summed E-state index contributed by atoms with van der Waals surface area (Å²) in [5.74, 6) is 0.578. The third-order valence-corrected chi connectivity index (χ3v) is 2.84. The van der Waals surface area contributed by atoms with Crippen molar-refractivity contribution in [2.75, 3.05) is 14.2 Å². The fourth-order valence-corrected chi connectivity index (χ4v) is 1.95. The molecule has 0 heterocycles. The van der Waals surface area contributed by atoms with E-state index in [9.17, 15) is 5.11 Å². The molecule has 0 aliphatic rings. The molecule has 0 fully saturated rings. The number of benzene rings is 2. The van der Waals surface area contributed by atoms with E-state index in [0.717, 1.165) is 11.1 Å². The molecule has 3 heteroatoms. The maximum absolute atomic E-state index is 9.59. The number of hydrogen-bond donors (Lipinski definition) is 1. The van der Waals surface area contributed by atoms with Crippen molar-refractivity contribution >= 4 is 0 Å². The normalized spacial score (nSPS) is 12.1. The van der Waals surface area contributed by atoms with E-state index in [1.807, 2.05) is 36.4 Å². The van der Waals surface area contributed by atoms with Crippen LogP contribution in [0.2, 0.25) is 0 Å². The van der Waals surface area contributed by atoms with E-state index in [-0.39, 0.29) is 11.9 Å². The molecule has 1 N–H and O–H groups in total. The van der Waals surface area contributed by atoms with Crippen LogP contribution in [0, 0.1) is 0 Å². The molecule has 94 valence electrons. The first kappa shape index (κ1) is 12.5. The average Bonchev–Trinajstić information content (AvgIpc) is 2.42. The maximum atomic E-state index is 9.59. The molecule has 0 amide bonds. The molecule has 1 atom stereocenters. The van der Waals surface area contributed by atoms with Crippen LogP contribution in [0.5, 0.6) is 11.5 Å². The molecular weight excluding hydrogens is 228 g/mol. The Morgan fingerprint density at radius 1 is 0.944 bits per heavy atom. The zero-order valence-corrected chi connectivity index (χ0v) is 10.5. The van der Waals surface area contributed by atoms with E-state index >= 15 is 0 Å². The van der Waals surface area contributed by atoms with Crippen LogP contribution in [0.25, 0.3) is 0 Å². The monoisotopic (exact) mass is 244 g/mol. The van der Waals surface area contributed by atoms with E-state index < -0.39 is 0 Å². The van der Waals surface area contributed by atoms with Gasteiger partial charge in [0.15, 0.2) is 11.5 Å². The predicted octanol–water partition coefficient (Wildman–Crippen LogP) is 3.14. The van der Waals surface area contributed by atoms with E-state index in [4.69, 9.17) is 9.47 Å². The lowest BCUT2D eigenvalue weighted by atomic mass is 10.0. The minimum Gasteiger partial charge on any atom is -0.504 e. The van der Waals surface area contributed by atoms with Gasteiger partial charge in [-0.1, -0.05) is 36.4 Å². The predicted molar refractivity (Wildman–Crippen MR) is 70.0 cm³/mol. The quantitative estimate of drug-likeness (QED) is 0.898. The lowest BCUT2D eigenvalue weighted by Gasteiger charge is -2.17. The summed E-state index contributed by atoms with van der Waals surface area (Å²) in [6.07, 6.45) is -0.166. The van der Waals surface area contributed by atoms with Crippen molar-refractivity contribution in [3.63, 3.8) is 0 Å². The molecule has 0 aliphatic carbocycles. The highest BCUT2D eigenvalue weighted by Gasteiger charge is 2.14. The number of phenols is 1. The molecule has 0 aromatic heterocycles. The Bertz CT molecular complexity index is 508. The zero-order chi connectivity index (χ0) is 13.0. The van der Waals surface area contributed by atoms with Crippen molar-refractivity contribution < 1.29 is 14.6 Å². The zero-order valence-electron chi connectivity index (χ0n) is 10.5. The van der Waals surface area contributed by atoms with Crippen molar-refractivity contribution in [3.05, 3.63) is 59.7 Å². The van der Waals surface area contributed by atoms with Gasteiger partial charge in [-0.25, -0.2) is 0 Å². The second kappa shape index (κ2) is 5.56. The molecule has 0 spiro atoms. The number of hydrogen-bond acceptors (Lipinski definition) is 3. The van der Waals surface area contributed by atoms with Gasteiger partial charge < -0.3 is 14.6 Å². The summed E-state index contributed by atoms with van der Waals surface area (Å²) in [6, 6.07) is 15.2. The molecule has 0 radical (unpaired) electrons. The summed E-state index contributed by atoms with van der Waals surface area (Å²) >= 11 is 0. The van der Waals surface area contributed by atoms with Crippen molar-refractivity contribution in [2.24, 2.45) is 0 Å². The second-order valence-corrected chi connectivity index (χ2v) is 3.96. The molecule has 2 aromatic rings. The number of methoxy groups -OCH3 is 2. The van der Waals surface area contributed by atoms with E-state index in [1.54, 1.807) is 19.2 Å². The Hall–Kier alpha value is -2.00. The average molecular weight is 244 g/mol. The first-order valence-electron chi connectivity index (χ1n) is 5.71. The molecule has 0 bridgehead atoms. The topological polar surface area (TPSA) is 38.7 Å². The molecule has 0 aliphatic heterocycles. The van der Waals surface area contributed by atoms with Gasteiger partial charge in [-0.05, 0) is 23.3 Å². The van der Waals surface area contributed by atoms with Gasteiger partial charge in [-0.3, -0.25) is 0 Å². The van der Waals surface area contributed by atoms with Crippen LogP contribution >= 0.6 is 0 Å². The fraction of sp³-hybridized carbons (Fsp3) is 0.200. The SMILES string of the molecule is COc1cc(C(OC)c2ccccc2)ccc1O. The minimum atomic E-state index is -0.166. The van der Waals surface area contributed by atoms with Gasteiger partial charge in [0.2, 0.25) is 0 Å². The van der Waals surface area contributed by atoms with Crippen molar-refractivity contribution in [1.29, 1.82) is 0 Å². The van der Waals surface area contributed by atoms with E-state index in [2.05, 4.69) is 0 Å². The molecular formula is C15H16O3. The van der Waals surface area contributed by atoms with Gasteiger partial charge in [0.05, 0.1) is 7.11 Å². The van der Waals surface area contributed by atoms with Crippen LogP contribution in [0.1, 0.15) is 17.2 Å². The summed E-state index contributed by atoms with van der Waals surface area (Å²) < 4.78 is 10.6. The van der Waals surface area contributed by atoms with Gasteiger partial charge in [0, 0.05) is 7.11 Å². The Balaban J connectivity index is 2.39. The van der Waals surface area contributed by atoms with Crippen LogP contribution < -0.4 is 4.74 Å². The Morgan fingerprint density at radius 3 is 2.28 bits per heavy atom. The fourth-order valence-electron chi connectivity index (χ4n) is 1.95. The van der Waals surface area contributed by atoms with Gasteiger partial charge >= 0.3 is 0 Å². The smallest absolute Gasteiger partial charge is 0.160 e. The van der Waals surface area contributed by atoms with Crippen LogP contribution in [-0.2, 0) is 4.74 Å². The molecule has 1 unspecified atom stereocenters. The molecule has 18 heavy (non-hydrogen) atoms. The Morgan fingerprint density at radius 2 is 1.67 bits per heavy atom. The Labute approximate surface area is 107 Å². The minimum absolute atomic E-state index is 0.129. The van der Waals surface area contributed by atoms with Crippen LogP contribution in [0.4, 0.5) is 0 Å². The van der Waals surface area contributed by atoms with Gasteiger partial charge in [-0.15, -0.1) is 0 Å². The number of ether oxygens (including phenoxy) is 2. The van der Waals surface area contributed by atoms with Gasteiger partial charge in [-0.2, -0.15) is 0 Å². The first-order valence-corrected chi connectivity index (χ1v) is 5.71. The molecule has 0 saturated carbocycles. The molecule has 2 aromatic carbocycles. The standard InChI is InChI=1S/C15H16O3/c1-17-14-10-12(8-9-13(14)16)15(18-2)11-6-4-3-5-7-11/h3-10,15-16H,1-2H3. The van der Waals surface area contributed by atoms with Crippen LogP contribution in [0.3, 0.4) is 0 Å². The molecule has 2 rings (SSSR count). The van der Waals surface area contributed by atoms with Crippen molar-refractivity contribution in [2.45, 2.75) is 6.10 Å². The van der Waals surface area contributed by atoms with Gasteiger partial charge in [0.1, 0.15) is 6.10 Å². The third kappa shape index (κ3) is 2.46. The number of phenolic OH excluding ortho intramolecular Hbond substituents is 1. The highest BCUT2D eigenvalue weighted by atomic mass is 16.5. The largest absolute Gasteiger partial charge is 0.504 e. The summed E-state index contributed by atoms with van der Waals surface area (Å²) in [7, 11) is 3.19. The molecule has 0 saturated heterocycles. The second-order valence-electron chi connectivity index (χ2n) is 3.96. The lowest BCUT2D eigenvalue weighted by Crippen LogP contribution is -2.03. The highest BCUT2D eigenvalue weighted by Crippen LogP contribution is 2.32. The van der Waals surface area contributed by atoms with Gasteiger partial charge in [0.25, 0.3) is 0 Å². The van der Waals surface area contributed by atoms with Crippen molar-refractivity contribution in [1.82, 2.24) is 0 Å². The third-order valence-electron chi connectivity index (χ3n) is 2.84. The highest BCUT2D eigenvalue weighted by molar-refractivity contribution is 5.44. The van der Waals surface area contributed by atoms with Crippen LogP contribution in [-0.4, -0.2) is 19.3 Å². The summed E-state index contributed by atoms with van der Waals surface area (Å²) in [5, 5.41) is 9.59. The summed E-state index contributed by atoms with van der Waals surface area (Å²) in [4.78, 5) is 0. The van der Waals surface area contributed by atoms with Crippen LogP contribution in [0.15, 0.2) is 48.5 Å². The Kier molecular flexibility index (Phi) is 3.85. The van der Waals surface area contributed by atoms with E-state index in [1.165, 1.54) is 7.11 Å². The van der Waals surface area contributed by atoms with Crippen molar-refractivity contribution in [3.8, 4) is 11.5 Å². The number of rotatable bonds is 4. The summed E-state index contributed by atoms with van der Waals surface area (Å²) in [5.41, 5.74) is 2.01. The number of aromatic hydroxyl groups is 1. The molecule has 3 nitrogen and oxygen atoms in total. The lowest BCUT2D eigenvalue weighted by molar-refractivity contribution is 0.136. The maximum Gasteiger partial charge on any atom is 0.160 e. The summed E-state index contributed by atoms with van der Waals surface area (Å²) in [6.45, 7) is 0.